The Morgan fingerprint density at radius 1 is 1.35 bits per heavy atom. The molecule has 2 rings (SSSR count). The van der Waals surface area contributed by atoms with E-state index in [0.29, 0.717) is 23.8 Å². The molecular weight excluding hydrogens is 258 g/mol. The number of hydrogen-bond donors (Lipinski definition) is 2. The number of hydrogen-bond acceptors (Lipinski definition) is 3. The topological polar surface area (TPSA) is 75.6 Å². The van der Waals surface area contributed by atoms with Crippen molar-refractivity contribution in [2.75, 3.05) is 12.4 Å². The van der Waals surface area contributed by atoms with E-state index in [0.717, 1.165) is 12.8 Å². The molecule has 1 aliphatic rings. The lowest BCUT2D eigenvalue weighted by molar-refractivity contribution is -0.117. The summed E-state index contributed by atoms with van der Waals surface area (Å²) in [5.74, 6) is -0.199. The van der Waals surface area contributed by atoms with Crippen molar-refractivity contribution < 1.29 is 19.4 Å². The summed E-state index contributed by atoms with van der Waals surface area (Å²) in [5.41, 5.74) is 0.539. The monoisotopic (exact) mass is 277 g/mol. The van der Waals surface area contributed by atoms with Crippen LogP contribution in [0.4, 0.5) is 5.69 Å². The number of ether oxygens (including phenoxy) is 1. The van der Waals surface area contributed by atoms with E-state index in [4.69, 9.17) is 9.84 Å². The molecule has 0 heterocycles. The lowest BCUT2D eigenvalue weighted by Gasteiger charge is -2.13. The molecule has 108 valence electrons. The summed E-state index contributed by atoms with van der Waals surface area (Å²) in [6.07, 6.45) is 5.06. The third-order valence-corrected chi connectivity index (χ3v) is 3.67. The predicted molar refractivity (Wildman–Crippen MR) is 75.2 cm³/mol. The van der Waals surface area contributed by atoms with Crippen LogP contribution in [0.3, 0.4) is 0 Å². The lowest BCUT2D eigenvalue weighted by Crippen LogP contribution is -2.16. The highest BCUT2D eigenvalue weighted by Gasteiger charge is 2.19. The fourth-order valence-corrected chi connectivity index (χ4v) is 2.62. The normalized spacial score (nSPS) is 15.1. The van der Waals surface area contributed by atoms with Crippen LogP contribution in [0.5, 0.6) is 5.75 Å². The first-order chi connectivity index (χ1) is 9.60. The molecule has 1 fully saturated rings. The van der Waals surface area contributed by atoms with Crippen molar-refractivity contribution in [2.45, 2.75) is 32.1 Å². The molecule has 1 aromatic rings. The Bertz CT molecular complexity index is 507. The molecule has 1 aromatic carbocycles. The van der Waals surface area contributed by atoms with Gasteiger partial charge in [-0.15, -0.1) is 0 Å². The highest BCUT2D eigenvalue weighted by atomic mass is 16.5. The van der Waals surface area contributed by atoms with Crippen LogP contribution >= 0.6 is 0 Å². The van der Waals surface area contributed by atoms with Gasteiger partial charge in [0.05, 0.1) is 18.4 Å². The third kappa shape index (κ3) is 3.50. The van der Waals surface area contributed by atoms with Gasteiger partial charge in [-0.05, 0) is 37.0 Å². The number of aromatic carboxylic acids is 1. The van der Waals surface area contributed by atoms with E-state index in [9.17, 15) is 9.59 Å². The number of carboxylic acids is 1. The molecule has 0 bridgehead atoms. The first kappa shape index (κ1) is 14.4. The van der Waals surface area contributed by atoms with Crippen molar-refractivity contribution in [1.82, 2.24) is 0 Å². The van der Waals surface area contributed by atoms with Gasteiger partial charge in [0.25, 0.3) is 0 Å². The zero-order chi connectivity index (χ0) is 14.5. The summed E-state index contributed by atoms with van der Waals surface area (Å²) in [6, 6.07) is 4.43. The number of amides is 1. The van der Waals surface area contributed by atoms with Crippen LogP contribution in [0.1, 0.15) is 42.5 Å². The highest BCUT2D eigenvalue weighted by molar-refractivity contribution is 5.95. The van der Waals surface area contributed by atoms with Gasteiger partial charge in [-0.25, -0.2) is 4.79 Å². The molecule has 2 N–H and O–H groups in total. The van der Waals surface area contributed by atoms with E-state index < -0.39 is 5.97 Å². The lowest BCUT2D eigenvalue weighted by atomic mass is 10.0. The minimum absolute atomic E-state index is 0.0854. The van der Waals surface area contributed by atoms with E-state index in [1.54, 1.807) is 6.07 Å². The maximum Gasteiger partial charge on any atom is 0.335 e. The summed E-state index contributed by atoms with van der Waals surface area (Å²) >= 11 is 0. The summed E-state index contributed by atoms with van der Waals surface area (Å²) in [7, 11) is 1.49. The van der Waals surface area contributed by atoms with Crippen molar-refractivity contribution in [2.24, 2.45) is 5.92 Å². The van der Waals surface area contributed by atoms with Crippen LogP contribution in [0, 0.1) is 5.92 Å². The van der Waals surface area contributed by atoms with Crippen LogP contribution in [-0.4, -0.2) is 24.1 Å². The van der Waals surface area contributed by atoms with Gasteiger partial charge < -0.3 is 15.2 Å². The molecule has 5 nitrogen and oxygen atoms in total. The van der Waals surface area contributed by atoms with E-state index in [2.05, 4.69) is 5.32 Å². The third-order valence-electron chi connectivity index (χ3n) is 3.67. The van der Waals surface area contributed by atoms with Gasteiger partial charge in [0.2, 0.25) is 5.91 Å². The molecule has 20 heavy (non-hydrogen) atoms. The van der Waals surface area contributed by atoms with E-state index in [1.165, 1.54) is 32.1 Å². The first-order valence-electron chi connectivity index (χ1n) is 6.81. The maximum absolute atomic E-state index is 12.0. The maximum atomic E-state index is 12.0. The van der Waals surface area contributed by atoms with Gasteiger partial charge in [-0.2, -0.15) is 0 Å². The Morgan fingerprint density at radius 2 is 2.05 bits per heavy atom. The molecule has 0 radical (unpaired) electrons. The summed E-state index contributed by atoms with van der Waals surface area (Å²) in [4.78, 5) is 23.0. The zero-order valence-corrected chi connectivity index (χ0v) is 11.5. The average Bonchev–Trinajstić information content (AvgIpc) is 2.91. The minimum atomic E-state index is -1.03. The molecule has 1 saturated carbocycles. The van der Waals surface area contributed by atoms with Gasteiger partial charge in [0.15, 0.2) is 0 Å². The van der Waals surface area contributed by atoms with E-state index in [-0.39, 0.29) is 11.5 Å². The standard InChI is InChI=1S/C15H19NO4/c1-20-13-7-6-11(15(18)19)9-12(13)16-14(17)8-10-4-2-3-5-10/h6-7,9-10H,2-5,8H2,1H3,(H,16,17)(H,18,19). The van der Waals surface area contributed by atoms with Gasteiger partial charge in [-0.1, -0.05) is 12.8 Å². The van der Waals surface area contributed by atoms with E-state index >= 15 is 0 Å². The van der Waals surface area contributed by atoms with Crippen LogP contribution in [0.25, 0.3) is 0 Å². The molecule has 1 aliphatic carbocycles. The number of anilines is 1. The zero-order valence-electron chi connectivity index (χ0n) is 11.5. The smallest absolute Gasteiger partial charge is 0.335 e. The van der Waals surface area contributed by atoms with Gasteiger partial charge in [0, 0.05) is 6.42 Å². The second-order valence-corrected chi connectivity index (χ2v) is 5.12. The van der Waals surface area contributed by atoms with Crippen LogP contribution < -0.4 is 10.1 Å². The molecule has 0 saturated heterocycles. The number of rotatable bonds is 5. The largest absolute Gasteiger partial charge is 0.495 e. The molecule has 0 atom stereocenters. The number of benzene rings is 1. The predicted octanol–water partition coefficient (Wildman–Crippen LogP) is 2.91. The van der Waals surface area contributed by atoms with Crippen LogP contribution in [-0.2, 0) is 4.79 Å². The molecule has 0 aromatic heterocycles. The fraction of sp³-hybridized carbons (Fsp3) is 0.467. The summed E-state index contributed by atoms with van der Waals surface area (Å²) in [5, 5.41) is 11.7. The SMILES string of the molecule is COc1ccc(C(=O)O)cc1NC(=O)CC1CCCC1. The van der Waals surface area contributed by atoms with Crippen molar-refractivity contribution >= 4 is 17.6 Å². The molecule has 0 unspecified atom stereocenters. The van der Waals surface area contributed by atoms with Gasteiger partial charge in [0.1, 0.15) is 5.75 Å². The Morgan fingerprint density at radius 3 is 2.65 bits per heavy atom. The van der Waals surface area contributed by atoms with Crippen molar-refractivity contribution in [1.29, 1.82) is 0 Å². The molecule has 5 heteroatoms. The summed E-state index contributed by atoms with van der Waals surface area (Å²) < 4.78 is 5.14. The van der Waals surface area contributed by atoms with Crippen molar-refractivity contribution in [3.8, 4) is 5.75 Å². The highest BCUT2D eigenvalue weighted by Crippen LogP contribution is 2.29. The van der Waals surface area contributed by atoms with Crippen molar-refractivity contribution in [3.05, 3.63) is 23.8 Å². The first-order valence-corrected chi connectivity index (χ1v) is 6.81. The summed E-state index contributed by atoms with van der Waals surface area (Å²) in [6.45, 7) is 0. The number of carbonyl (C=O) groups is 2. The second kappa shape index (κ2) is 6.41. The van der Waals surface area contributed by atoms with E-state index in [1.807, 2.05) is 0 Å². The van der Waals surface area contributed by atoms with Crippen molar-refractivity contribution in [3.63, 3.8) is 0 Å². The van der Waals surface area contributed by atoms with Crippen LogP contribution in [0.2, 0.25) is 0 Å². The average molecular weight is 277 g/mol. The minimum Gasteiger partial charge on any atom is -0.495 e. The number of nitrogens with one attached hydrogen (secondary N) is 1. The molecular formula is C15H19NO4. The Kier molecular flexibility index (Phi) is 4.61. The number of methoxy groups -OCH3 is 1. The Labute approximate surface area is 117 Å². The Balaban J connectivity index is 2.07. The van der Waals surface area contributed by atoms with Crippen LogP contribution in [0.15, 0.2) is 18.2 Å². The molecule has 1 amide bonds. The molecule has 0 spiro atoms. The fourth-order valence-electron chi connectivity index (χ4n) is 2.62. The molecule has 0 aliphatic heterocycles. The number of carbonyl (C=O) groups excluding carboxylic acids is 1. The number of carboxylic acid groups (broad SMARTS) is 1. The quantitative estimate of drug-likeness (QED) is 0.867. The van der Waals surface area contributed by atoms with Gasteiger partial charge >= 0.3 is 5.97 Å². The second-order valence-electron chi connectivity index (χ2n) is 5.12. The van der Waals surface area contributed by atoms with Gasteiger partial charge in [-0.3, -0.25) is 4.79 Å². The Hall–Kier alpha value is -2.04.